The summed E-state index contributed by atoms with van der Waals surface area (Å²) >= 11 is 0. The summed E-state index contributed by atoms with van der Waals surface area (Å²) < 4.78 is 4.98. The minimum Gasteiger partial charge on any atom is -0.612 e. The molecule has 0 aliphatic carbocycles. The van der Waals surface area contributed by atoms with E-state index in [4.69, 9.17) is 12.7 Å². The van der Waals surface area contributed by atoms with Crippen molar-refractivity contribution < 1.29 is 37.4 Å². The molecule has 0 heterocycles. The average Bonchev–Trinajstić information content (AvgIpc) is 2.48. The van der Waals surface area contributed by atoms with Crippen LogP contribution in [0.25, 0.3) is 12.7 Å². The van der Waals surface area contributed by atoms with E-state index in [1.54, 1.807) is 0 Å². The maximum atomic E-state index is 5.36. The van der Waals surface area contributed by atoms with Gasteiger partial charge in [-0.1, -0.05) is 52.7 Å². The Kier molecular flexibility index (Phi) is 6.86. The Morgan fingerprint density at radius 1 is 0.870 bits per heavy atom. The van der Waals surface area contributed by atoms with E-state index in [9.17, 15) is 0 Å². The monoisotopic (exact) mass is 377 g/mol. The first-order valence-electron chi connectivity index (χ1n) is 7.37. The van der Waals surface area contributed by atoms with Crippen molar-refractivity contribution in [3.05, 3.63) is 61.5 Å². The van der Waals surface area contributed by atoms with Crippen molar-refractivity contribution in [2.24, 2.45) is 0 Å². The normalized spacial score (nSPS) is 11.3. The SMILES string of the molecule is [B]Oc1c(C)[c-]c(/C=c2\[c-]c(C)c(=C)c(C)c2C)c(C)c1C.[Y]. The van der Waals surface area contributed by atoms with Gasteiger partial charge in [0.15, 0.2) is 0 Å². The molecule has 0 amide bonds. The topological polar surface area (TPSA) is 9.23 Å². The van der Waals surface area contributed by atoms with Crippen LogP contribution in [0.3, 0.4) is 0 Å². The van der Waals surface area contributed by atoms with Crippen LogP contribution in [0.2, 0.25) is 0 Å². The van der Waals surface area contributed by atoms with E-state index in [2.05, 4.69) is 45.6 Å². The molecule has 0 saturated heterocycles. The molecule has 115 valence electrons. The Morgan fingerprint density at radius 2 is 1.48 bits per heavy atom. The minimum absolute atomic E-state index is 0. The Balaban J connectivity index is 0.00000264. The van der Waals surface area contributed by atoms with Crippen LogP contribution in [0.15, 0.2) is 0 Å². The Bertz CT molecular complexity index is 853. The molecule has 0 aromatic heterocycles. The fourth-order valence-electron chi connectivity index (χ4n) is 2.70. The van der Waals surface area contributed by atoms with Crippen molar-refractivity contribution in [2.75, 3.05) is 0 Å². The van der Waals surface area contributed by atoms with Crippen molar-refractivity contribution >= 4 is 20.7 Å². The van der Waals surface area contributed by atoms with Gasteiger partial charge in [0.25, 0.3) is 0 Å². The second-order valence-corrected chi connectivity index (χ2v) is 5.90. The zero-order valence-corrected chi connectivity index (χ0v) is 17.7. The second kappa shape index (κ2) is 7.81. The molecule has 0 saturated carbocycles. The van der Waals surface area contributed by atoms with Crippen molar-refractivity contribution in [1.29, 1.82) is 0 Å². The van der Waals surface area contributed by atoms with Gasteiger partial charge in [0.1, 0.15) is 0 Å². The summed E-state index contributed by atoms with van der Waals surface area (Å²) in [7, 11) is 5.36. The predicted octanol–water partition coefficient (Wildman–Crippen LogP) is 2.84. The summed E-state index contributed by atoms with van der Waals surface area (Å²) in [6, 6.07) is 6.80. The number of rotatable bonds is 2. The molecular formula is C20H21BOY-2. The molecule has 2 aromatic rings. The van der Waals surface area contributed by atoms with Crippen LogP contribution in [-0.4, -0.2) is 8.05 Å². The summed E-state index contributed by atoms with van der Waals surface area (Å²) in [4.78, 5) is 0. The minimum atomic E-state index is 0. The van der Waals surface area contributed by atoms with E-state index in [1.807, 2.05) is 20.8 Å². The number of hydrogen-bond donors (Lipinski definition) is 0. The number of benzene rings is 2. The zero-order valence-electron chi connectivity index (χ0n) is 14.8. The first kappa shape index (κ1) is 20.2. The molecule has 2 aromatic carbocycles. The summed E-state index contributed by atoms with van der Waals surface area (Å²) in [6.07, 6.45) is 2.13. The molecule has 3 radical (unpaired) electrons. The molecule has 2 rings (SSSR count). The van der Waals surface area contributed by atoms with Crippen molar-refractivity contribution in [2.45, 2.75) is 41.5 Å². The third kappa shape index (κ3) is 3.80. The standard InChI is InChI=1S/C20H21BO.Y/c1-11-8-18(15(5)14(4)13(11)3)10-19-9-12(2)20(22-21)17(7)16(19)6;/h10H,3H2,1-2,4-7H3;/q-2;/b18-10+;. The maximum absolute atomic E-state index is 5.36. The molecule has 0 atom stereocenters. The maximum Gasteiger partial charge on any atom is 0.359 e. The van der Waals surface area contributed by atoms with Crippen LogP contribution < -0.4 is 15.1 Å². The quantitative estimate of drug-likeness (QED) is 0.578. The smallest absolute Gasteiger partial charge is 0.359 e. The van der Waals surface area contributed by atoms with Crippen LogP contribution >= 0.6 is 0 Å². The molecule has 0 bridgehead atoms. The number of aryl methyl sites for hydroxylation is 2. The largest absolute Gasteiger partial charge is 0.612 e. The molecule has 23 heavy (non-hydrogen) atoms. The van der Waals surface area contributed by atoms with Gasteiger partial charge >= 0.3 is 8.05 Å². The van der Waals surface area contributed by atoms with Gasteiger partial charge in [-0.25, -0.2) is 0 Å². The first-order valence-corrected chi connectivity index (χ1v) is 7.37. The Hall–Kier alpha value is -0.851. The molecule has 0 aliphatic heterocycles. The summed E-state index contributed by atoms with van der Waals surface area (Å²) in [5, 5.41) is 2.15. The average molecular weight is 377 g/mol. The van der Waals surface area contributed by atoms with Gasteiger partial charge in [0, 0.05) is 38.5 Å². The van der Waals surface area contributed by atoms with E-state index in [0.717, 1.165) is 38.3 Å². The summed E-state index contributed by atoms with van der Waals surface area (Å²) in [6.45, 7) is 16.4. The van der Waals surface area contributed by atoms with Gasteiger partial charge in [-0.2, -0.15) is 0 Å². The summed E-state index contributed by atoms with van der Waals surface area (Å²) in [5.74, 6) is 0.704. The van der Waals surface area contributed by atoms with Gasteiger partial charge < -0.3 is 4.65 Å². The van der Waals surface area contributed by atoms with Crippen molar-refractivity contribution in [1.82, 2.24) is 0 Å². The molecule has 0 aliphatic rings. The van der Waals surface area contributed by atoms with E-state index < -0.39 is 0 Å². The molecule has 0 N–H and O–H groups in total. The van der Waals surface area contributed by atoms with E-state index >= 15 is 0 Å². The van der Waals surface area contributed by atoms with Gasteiger partial charge in [-0.3, -0.25) is 0 Å². The van der Waals surface area contributed by atoms with Crippen LogP contribution in [0.4, 0.5) is 0 Å². The van der Waals surface area contributed by atoms with Gasteiger partial charge in [0.2, 0.25) is 0 Å². The van der Waals surface area contributed by atoms with E-state index in [1.165, 1.54) is 11.1 Å². The molecule has 3 heteroatoms. The predicted molar refractivity (Wildman–Crippen MR) is 93.7 cm³/mol. The fraction of sp³-hybridized carbons (Fsp3) is 0.300. The molecule has 1 nitrogen and oxygen atoms in total. The number of hydrogen-bond acceptors (Lipinski definition) is 1. The molecule has 0 unspecified atom stereocenters. The van der Waals surface area contributed by atoms with Gasteiger partial charge in [-0.15, -0.1) is 63.0 Å². The van der Waals surface area contributed by atoms with E-state index in [0.29, 0.717) is 5.75 Å². The van der Waals surface area contributed by atoms with Crippen molar-refractivity contribution in [3.8, 4) is 5.75 Å². The van der Waals surface area contributed by atoms with Crippen LogP contribution in [-0.2, 0) is 32.7 Å². The fourth-order valence-corrected chi connectivity index (χ4v) is 2.70. The van der Waals surface area contributed by atoms with Crippen LogP contribution in [0.5, 0.6) is 5.75 Å². The molecular weight excluding hydrogens is 356 g/mol. The first-order chi connectivity index (χ1) is 10.3. The molecule has 0 spiro atoms. The van der Waals surface area contributed by atoms with Crippen LogP contribution in [0, 0.1) is 53.7 Å². The van der Waals surface area contributed by atoms with E-state index in [-0.39, 0.29) is 32.7 Å². The van der Waals surface area contributed by atoms with Gasteiger partial charge in [0.05, 0.1) is 0 Å². The summed E-state index contributed by atoms with van der Waals surface area (Å²) in [5.41, 5.74) is 7.64. The van der Waals surface area contributed by atoms with Crippen molar-refractivity contribution in [3.63, 3.8) is 0 Å². The Morgan fingerprint density at radius 3 is 2.04 bits per heavy atom. The zero-order chi connectivity index (χ0) is 16.6. The van der Waals surface area contributed by atoms with Gasteiger partial charge in [-0.05, 0) is 0 Å². The van der Waals surface area contributed by atoms with Crippen LogP contribution in [0.1, 0.15) is 38.9 Å². The Labute approximate surface area is 166 Å². The third-order valence-electron chi connectivity index (χ3n) is 4.57. The second-order valence-electron chi connectivity index (χ2n) is 5.90. The third-order valence-corrected chi connectivity index (χ3v) is 4.57. The molecule has 0 fully saturated rings.